The van der Waals surface area contributed by atoms with Crippen LogP contribution in [0.25, 0.3) is 10.4 Å². The van der Waals surface area contributed by atoms with E-state index in [1.807, 2.05) is 19.1 Å². The second kappa shape index (κ2) is 6.93. The first-order valence-corrected chi connectivity index (χ1v) is 9.45. The van der Waals surface area contributed by atoms with Crippen LogP contribution in [0.2, 0.25) is 0 Å². The summed E-state index contributed by atoms with van der Waals surface area (Å²) in [7, 11) is 0. The maximum absolute atomic E-state index is 14.6. The van der Waals surface area contributed by atoms with Gasteiger partial charge < -0.3 is 5.32 Å². The zero-order valence-corrected chi connectivity index (χ0v) is 16.8. The molecule has 24 heavy (non-hydrogen) atoms. The van der Waals surface area contributed by atoms with Crippen molar-refractivity contribution in [3.63, 3.8) is 0 Å². The lowest BCUT2D eigenvalue weighted by Crippen LogP contribution is -2.02. The van der Waals surface area contributed by atoms with E-state index in [1.165, 1.54) is 12.1 Å². The highest BCUT2D eigenvalue weighted by Gasteiger charge is 2.20. The van der Waals surface area contributed by atoms with Gasteiger partial charge in [-0.25, -0.2) is 8.78 Å². The smallest absolute Gasteiger partial charge is 0.258 e. The van der Waals surface area contributed by atoms with E-state index in [2.05, 4.69) is 48.2 Å². The van der Waals surface area contributed by atoms with Crippen LogP contribution in [0.1, 0.15) is 5.56 Å². The molecule has 2 aromatic carbocycles. The van der Waals surface area contributed by atoms with E-state index in [9.17, 15) is 13.6 Å². The first kappa shape index (κ1) is 17.6. The minimum absolute atomic E-state index is 0.000677. The highest BCUT2D eigenvalue weighted by atomic mass is 127. The van der Waals surface area contributed by atoms with Crippen LogP contribution in [0.15, 0.2) is 39.6 Å². The van der Waals surface area contributed by atoms with Crippen molar-refractivity contribution in [1.29, 1.82) is 0 Å². The summed E-state index contributed by atoms with van der Waals surface area (Å²) in [6, 6.07) is 8.43. The zero-order valence-electron chi connectivity index (χ0n) is 12.2. The molecule has 2 N–H and O–H groups in total. The van der Waals surface area contributed by atoms with Gasteiger partial charge >= 0.3 is 0 Å². The van der Waals surface area contributed by atoms with E-state index in [0.29, 0.717) is 16.1 Å². The molecule has 1 heterocycles. The minimum atomic E-state index is -1.00. The van der Waals surface area contributed by atoms with Crippen molar-refractivity contribution in [3.05, 3.63) is 65.9 Å². The topological polar surface area (TPSA) is 44.9 Å². The predicted molar refractivity (Wildman–Crippen MR) is 105 cm³/mol. The molecule has 3 rings (SSSR count). The van der Waals surface area contributed by atoms with Gasteiger partial charge in [0.2, 0.25) is 0 Å². The van der Waals surface area contributed by atoms with Crippen LogP contribution in [-0.4, -0.2) is 4.37 Å². The third-order valence-electron chi connectivity index (χ3n) is 3.40. The largest absolute Gasteiger partial charge is 0.352 e. The number of hydrogen-bond acceptors (Lipinski definition) is 3. The average Bonchev–Trinajstić information content (AvgIpc) is 2.96. The third-order valence-corrected chi connectivity index (χ3v) is 5.51. The van der Waals surface area contributed by atoms with Crippen molar-refractivity contribution in [2.24, 2.45) is 0 Å². The van der Waals surface area contributed by atoms with Crippen molar-refractivity contribution in [1.82, 2.24) is 4.37 Å². The fraction of sp³-hybridized carbons (Fsp3) is 0.0625. The van der Waals surface area contributed by atoms with Crippen molar-refractivity contribution >= 4 is 61.4 Å². The molecule has 0 aliphatic carbocycles. The van der Waals surface area contributed by atoms with Crippen LogP contribution < -0.4 is 10.9 Å². The third kappa shape index (κ3) is 3.40. The maximum atomic E-state index is 14.6. The molecule has 0 radical (unpaired) electrons. The Morgan fingerprint density at radius 1 is 1.21 bits per heavy atom. The lowest BCUT2D eigenvalue weighted by molar-refractivity contribution is 0.507. The van der Waals surface area contributed by atoms with E-state index in [1.54, 1.807) is 6.07 Å². The number of rotatable bonds is 3. The summed E-state index contributed by atoms with van der Waals surface area (Å²) in [4.78, 5) is 11.9. The molecule has 3 aromatic rings. The van der Waals surface area contributed by atoms with E-state index in [0.717, 1.165) is 20.7 Å². The van der Waals surface area contributed by atoms with Crippen LogP contribution in [0, 0.1) is 22.1 Å². The van der Waals surface area contributed by atoms with Gasteiger partial charge in [-0.3, -0.25) is 9.17 Å². The number of anilines is 2. The van der Waals surface area contributed by atoms with Crippen LogP contribution in [-0.2, 0) is 0 Å². The molecule has 0 amide bonds. The minimum Gasteiger partial charge on any atom is -0.352 e. The van der Waals surface area contributed by atoms with Gasteiger partial charge in [-0.05, 0) is 75.3 Å². The normalized spacial score (nSPS) is 10.9. The predicted octanol–water partition coefficient (Wildman–Crippen LogP) is 5.80. The fourth-order valence-corrected chi connectivity index (χ4v) is 3.99. The molecule has 0 saturated heterocycles. The number of benzene rings is 2. The molecule has 0 spiro atoms. The van der Waals surface area contributed by atoms with Gasteiger partial charge in [0.1, 0.15) is 0 Å². The first-order valence-electron chi connectivity index (χ1n) is 6.76. The Balaban J connectivity index is 2.18. The fourth-order valence-electron chi connectivity index (χ4n) is 2.23. The lowest BCUT2D eigenvalue weighted by atomic mass is 10.1. The molecule has 0 saturated carbocycles. The number of hydrogen-bond donors (Lipinski definition) is 2. The standard InChI is InChI=1S/C16H10BrF2IN2OS/c1-7-4-8(20)2-3-11(7)21-16-9(12-6-13(23)22-24-12)5-10(17)14(18)15(16)19/h2-6,21H,1H3,(H,22,23). The van der Waals surface area contributed by atoms with Crippen LogP contribution >= 0.6 is 50.1 Å². The second-order valence-corrected chi connectivity index (χ2v) is 8.02. The molecular weight excluding hydrogens is 513 g/mol. The monoisotopic (exact) mass is 522 g/mol. The highest BCUT2D eigenvalue weighted by molar-refractivity contribution is 14.1. The van der Waals surface area contributed by atoms with E-state index < -0.39 is 11.6 Å². The summed E-state index contributed by atoms with van der Waals surface area (Å²) < 4.78 is 32.2. The Bertz CT molecular complexity index is 987. The summed E-state index contributed by atoms with van der Waals surface area (Å²) >= 11 is 6.27. The number of aryl methyl sites for hydroxylation is 1. The Morgan fingerprint density at radius 2 is 1.96 bits per heavy atom. The molecular formula is C16H10BrF2IN2OS. The second-order valence-electron chi connectivity index (χ2n) is 5.07. The number of H-pyrrole nitrogens is 1. The maximum Gasteiger partial charge on any atom is 0.258 e. The lowest BCUT2D eigenvalue weighted by Gasteiger charge is -2.15. The molecule has 0 atom stereocenters. The SMILES string of the molecule is Cc1cc(I)ccc1Nc1c(-c2cc(=O)[nH]s2)cc(Br)c(F)c1F. The van der Waals surface area contributed by atoms with Crippen LogP contribution in [0.5, 0.6) is 0 Å². The molecule has 0 bridgehead atoms. The number of halogens is 4. The van der Waals surface area contributed by atoms with Gasteiger partial charge in [-0.2, -0.15) is 0 Å². The van der Waals surface area contributed by atoms with Crippen molar-refractivity contribution in [2.75, 3.05) is 5.32 Å². The number of aromatic amines is 1. The van der Waals surface area contributed by atoms with E-state index >= 15 is 0 Å². The van der Waals surface area contributed by atoms with Gasteiger partial charge in [0.05, 0.1) is 15.0 Å². The van der Waals surface area contributed by atoms with Crippen LogP contribution in [0.3, 0.4) is 0 Å². The molecule has 0 unspecified atom stereocenters. The first-order chi connectivity index (χ1) is 11.4. The Labute approximate surface area is 162 Å². The van der Waals surface area contributed by atoms with Crippen molar-refractivity contribution < 1.29 is 8.78 Å². The van der Waals surface area contributed by atoms with E-state index in [4.69, 9.17) is 0 Å². The number of nitrogens with one attached hydrogen (secondary N) is 2. The summed E-state index contributed by atoms with van der Waals surface area (Å²) in [5.74, 6) is -1.98. The zero-order chi connectivity index (χ0) is 17.4. The van der Waals surface area contributed by atoms with Gasteiger partial charge in [-0.1, -0.05) is 11.5 Å². The quantitative estimate of drug-likeness (QED) is 0.337. The average molecular weight is 523 g/mol. The highest BCUT2D eigenvalue weighted by Crippen LogP contribution is 2.38. The van der Waals surface area contributed by atoms with Gasteiger partial charge in [0.25, 0.3) is 5.56 Å². The molecule has 0 fully saturated rings. The van der Waals surface area contributed by atoms with Gasteiger partial charge in [0.15, 0.2) is 11.6 Å². The van der Waals surface area contributed by atoms with Crippen LogP contribution in [0.4, 0.5) is 20.2 Å². The molecule has 3 nitrogen and oxygen atoms in total. The molecule has 124 valence electrons. The van der Waals surface area contributed by atoms with Crippen molar-refractivity contribution in [3.8, 4) is 10.4 Å². The summed E-state index contributed by atoms with van der Waals surface area (Å²) in [5.41, 5.74) is 1.68. The molecule has 0 aliphatic heterocycles. The summed E-state index contributed by atoms with van der Waals surface area (Å²) in [5, 5.41) is 2.96. The van der Waals surface area contributed by atoms with Gasteiger partial charge in [0, 0.05) is 20.9 Å². The Kier molecular flexibility index (Phi) is 5.07. The Hall–Kier alpha value is -1.26. The van der Waals surface area contributed by atoms with E-state index in [-0.39, 0.29) is 15.7 Å². The molecule has 0 aliphatic rings. The summed E-state index contributed by atoms with van der Waals surface area (Å²) in [6.45, 7) is 1.88. The molecule has 1 aromatic heterocycles. The molecule has 8 heteroatoms. The summed E-state index contributed by atoms with van der Waals surface area (Å²) in [6.07, 6.45) is 0. The Morgan fingerprint density at radius 3 is 2.58 bits per heavy atom. The van der Waals surface area contributed by atoms with Gasteiger partial charge in [-0.15, -0.1) is 0 Å². The number of aromatic nitrogens is 1. The van der Waals surface area contributed by atoms with Crippen molar-refractivity contribution in [2.45, 2.75) is 6.92 Å².